The molecule has 2 aliphatic rings. The molecule has 0 amide bonds. The highest BCUT2D eigenvalue weighted by atomic mass is 16.5. The maximum absolute atomic E-state index is 10.2. The summed E-state index contributed by atoms with van der Waals surface area (Å²) in [6.07, 6.45) is 6.79. The van der Waals surface area contributed by atoms with Crippen molar-refractivity contribution in [2.75, 3.05) is 6.61 Å². The number of allylic oxidation sites excluding steroid dienone is 1. The van der Waals surface area contributed by atoms with E-state index in [-0.39, 0.29) is 12.1 Å². The van der Waals surface area contributed by atoms with Crippen LogP contribution in [0.2, 0.25) is 0 Å². The van der Waals surface area contributed by atoms with E-state index in [2.05, 4.69) is 91.2 Å². The number of rotatable bonds is 8. The summed E-state index contributed by atoms with van der Waals surface area (Å²) in [6, 6.07) is 17.1. The molecule has 3 heterocycles. The number of carboxylic acids is 1. The number of aliphatic imine (C=N–C) groups is 1. The van der Waals surface area contributed by atoms with E-state index in [4.69, 9.17) is 21.3 Å². The number of H-pyrrole nitrogens is 1. The molecule has 0 spiro atoms. The Labute approximate surface area is 242 Å². The van der Waals surface area contributed by atoms with Crippen molar-refractivity contribution in [3.63, 3.8) is 0 Å². The molecule has 0 saturated carbocycles. The van der Waals surface area contributed by atoms with Gasteiger partial charge in [0.2, 0.25) is 0 Å². The SMILES string of the molecule is CC(C)[C@H](N)C1=NC=C(c2ccc(-c3ccc(-c4cnc([C@@H](N)C(C)C)[nH]4)cc3)cc2)C1.O=C(O)C1CCCCO1. The number of nitrogens with zero attached hydrogens (tertiary/aromatic N) is 2. The van der Waals surface area contributed by atoms with Crippen LogP contribution in [0.3, 0.4) is 0 Å². The Morgan fingerprint density at radius 3 is 2.00 bits per heavy atom. The number of ether oxygens (including phenoxy) is 1. The Hall–Kier alpha value is -3.59. The van der Waals surface area contributed by atoms with Gasteiger partial charge in [-0.2, -0.15) is 0 Å². The molecule has 3 atom stereocenters. The van der Waals surface area contributed by atoms with Crippen molar-refractivity contribution >= 4 is 17.3 Å². The summed E-state index contributed by atoms with van der Waals surface area (Å²) in [5.74, 6) is 0.739. The Morgan fingerprint density at radius 1 is 0.902 bits per heavy atom. The topological polar surface area (TPSA) is 140 Å². The average molecular weight is 558 g/mol. The van der Waals surface area contributed by atoms with Gasteiger partial charge in [-0.05, 0) is 58.9 Å². The number of imidazole rings is 1. The third-order valence-electron chi connectivity index (χ3n) is 7.73. The highest BCUT2D eigenvalue weighted by Gasteiger charge is 2.21. The number of nitrogens with one attached hydrogen (secondary N) is 1. The lowest BCUT2D eigenvalue weighted by Gasteiger charge is -2.17. The predicted octanol–water partition coefficient (Wildman–Crippen LogP) is 6.21. The quantitative estimate of drug-likeness (QED) is 0.260. The van der Waals surface area contributed by atoms with Gasteiger partial charge >= 0.3 is 5.97 Å². The van der Waals surface area contributed by atoms with Gasteiger partial charge in [-0.1, -0.05) is 76.2 Å². The maximum Gasteiger partial charge on any atom is 0.332 e. The van der Waals surface area contributed by atoms with Crippen LogP contribution in [0.15, 0.2) is 65.9 Å². The van der Waals surface area contributed by atoms with Gasteiger partial charge in [0.05, 0.1) is 17.9 Å². The van der Waals surface area contributed by atoms with E-state index < -0.39 is 12.1 Å². The zero-order valence-electron chi connectivity index (χ0n) is 24.5. The molecule has 1 aromatic heterocycles. The van der Waals surface area contributed by atoms with Crippen LogP contribution in [0.5, 0.6) is 0 Å². The molecule has 41 heavy (non-hydrogen) atoms. The molecule has 5 rings (SSSR count). The molecule has 2 aliphatic heterocycles. The molecule has 0 radical (unpaired) electrons. The molecule has 8 nitrogen and oxygen atoms in total. The molecule has 6 N–H and O–H groups in total. The van der Waals surface area contributed by atoms with E-state index in [1.54, 1.807) is 0 Å². The van der Waals surface area contributed by atoms with Crippen LogP contribution in [0, 0.1) is 11.8 Å². The first-order valence-electron chi connectivity index (χ1n) is 14.5. The number of hydrogen-bond acceptors (Lipinski definition) is 6. The Balaban J connectivity index is 0.000000367. The van der Waals surface area contributed by atoms with Gasteiger partial charge in [-0.15, -0.1) is 0 Å². The van der Waals surface area contributed by atoms with Crippen molar-refractivity contribution in [1.29, 1.82) is 0 Å². The van der Waals surface area contributed by atoms with Crippen molar-refractivity contribution in [1.82, 2.24) is 9.97 Å². The van der Waals surface area contributed by atoms with E-state index in [1.165, 1.54) is 22.3 Å². The van der Waals surface area contributed by atoms with Crippen molar-refractivity contribution in [3.8, 4) is 22.4 Å². The third kappa shape index (κ3) is 7.79. The van der Waals surface area contributed by atoms with E-state index in [9.17, 15) is 4.79 Å². The van der Waals surface area contributed by atoms with Gasteiger partial charge in [-0.3, -0.25) is 4.99 Å². The minimum Gasteiger partial charge on any atom is -0.479 e. The summed E-state index contributed by atoms with van der Waals surface area (Å²) in [5.41, 5.74) is 20.4. The number of carboxylic acid groups (broad SMARTS) is 1. The van der Waals surface area contributed by atoms with E-state index in [1.807, 2.05) is 12.4 Å². The van der Waals surface area contributed by atoms with E-state index in [0.717, 1.165) is 42.1 Å². The molecule has 1 fully saturated rings. The summed E-state index contributed by atoms with van der Waals surface area (Å²) in [5, 5.41) is 8.41. The zero-order valence-corrected chi connectivity index (χ0v) is 24.5. The second kappa shape index (κ2) is 13.9. The number of nitrogens with two attached hydrogens (primary N) is 2. The average Bonchev–Trinajstić information content (AvgIpc) is 3.68. The number of benzene rings is 2. The van der Waals surface area contributed by atoms with Gasteiger partial charge < -0.3 is 26.3 Å². The van der Waals surface area contributed by atoms with Gasteiger partial charge in [0.1, 0.15) is 5.82 Å². The lowest BCUT2D eigenvalue weighted by atomic mass is 9.93. The second-order valence-electron chi connectivity index (χ2n) is 11.5. The minimum absolute atomic E-state index is 0.0219. The van der Waals surface area contributed by atoms with Gasteiger partial charge in [0.25, 0.3) is 0 Å². The number of aromatic amines is 1. The van der Waals surface area contributed by atoms with Crippen LogP contribution < -0.4 is 11.5 Å². The second-order valence-corrected chi connectivity index (χ2v) is 11.5. The van der Waals surface area contributed by atoms with Crippen LogP contribution in [-0.4, -0.2) is 45.5 Å². The van der Waals surface area contributed by atoms with Gasteiger partial charge in [0, 0.05) is 31.0 Å². The molecule has 0 aliphatic carbocycles. The monoisotopic (exact) mass is 557 g/mol. The molecular weight excluding hydrogens is 514 g/mol. The Morgan fingerprint density at radius 2 is 1.49 bits per heavy atom. The summed E-state index contributed by atoms with van der Waals surface area (Å²) >= 11 is 0. The van der Waals surface area contributed by atoms with E-state index in [0.29, 0.717) is 24.9 Å². The van der Waals surface area contributed by atoms with Crippen LogP contribution in [-0.2, 0) is 9.53 Å². The molecule has 2 aromatic carbocycles. The van der Waals surface area contributed by atoms with Crippen molar-refractivity contribution in [2.45, 2.75) is 71.6 Å². The smallest absolute Gasteiger partial charge is 0.332 e. The zero-order chi connectivity index (χ0) is 29.5. The number of aromatic nitrogens is 2. The molecule has 0 bridgehead atoms. The van der Waals surface area contributed by atoms with Gasteiger partial charge in [-0.25, -0.2) is 9.78 Å². The first kappa shape index (κ1) is 30.4. The molecule has 218 valence electrons. The maximum atomic E-state index is 10.2. The highest BCUT2D eigenvalue weighted by molar-refractivity contribution is 6.01. The standard InChI is InChI=1S/C27H33N5.C6H10O3/c1-16(2)25(28)23-13-22(14-30-23)20-7-5-18(6-8-20)19-9-11-21(12-10-19)24-15-31-27(32-24)26(29)17(3)4;7-6(8)5-3-1-2-4-9-5/h5-12,14-17,25-26H,13,28-29H2,1-4H3,(H,31,32);5H,1-4H2,(H,7,8)/t25-,26-;/m0./s1. The summed E-state index contributed by atoms with van der Waals surface area (Å²) < 4.78 is 4.94. The molecule has 1 saturated heterocycles. The molecular formula is C33H43N5O3. The lowest BCUT2D eigenvalue weighted by molar-refractivity contribution is -0.153. The molecule has 1 unspecified atom stereocenters. The summed E-state index contributed by atoms with van der Waals surface area (Å²) in [6.45, 7) is 9.08. The van der Waals surface area contributed by atoms with Crippen LogP contribution >= 0.6 is 0 Å². The fourth-order valence-corrected chi connectivity index (χ4v) is 4.84. The Bertz CT molecular complexity index is 1350. The Kier molecular flexibility index (Phi) is 10.3. The first-order valence-corrected chi connectivity index (χ1v) is 14.5. The summed E-state index contributed by atoms with van der Waals surface area (Å²) in [4.78, 5) is 22.6. The van der Waals surface area contributed by atoms with E-state index >= 15 is 0 Å². The van der Waals surface area contributed by atoms with Crippen LogP contribution in [0.4, 0.5) is 0 Å². The normalized spacial score (nSPS) is 18.4. The third-order valence-corrected chi connectivity index (χ3v) is 7.73. The highest BCUT2D eigenvalue weighted by Crippen LogP contribution is 2.29. The van der Waals surface area contributed by atoms with Crippen LogP contribution in [0.25, 0.3) is 28.0 Å². The number of carbonyl (C=O) groups is 1. The number of hydrogen-bond donors (Lipinski definition) is 4. The van der Waals surface area contributed by atoms with Crippen molar-refractivity contribution in [3.05, 3.63) is 72.3 Å². The number of aliphatic carboxylic acids is 1. The van der Waals surface area contributed by atoms with Crippen molar-refractivity contribution < 1.29 is 14.6 Å². The lowest BCUT2D eigenvalue weighted by Crippen LogP contribution is -2.34. The molecule has 3 aromatic rings. The fourth-order valence-electron chi connectivity index (χ4n) is 4.84. The van der Waals surface area contributed by atoms with Gasteiger partial charge in [0.15, 0.2) is 6.10 Å². The fraction of sp³-hybridized carbons (Fsp3) is 0.424. The summed E-state index contributed by atoms with van der Waals surface area (Å²) in [7, 11) is 0. The van der Waals surface area contributed by atoms with Crippen molar-refractivity contribution in [2.24, 2.45) is 28.3 Å². The van der Waals surface area contributed by atoms with Crippen LogP contribution in [0.1, 0.15) is 70.8 Å². The largest absolute Gasteiger partial charge is 0.479 e. The predicted molar refractivity (Wildman–Crippen MR) is 165 cm³/mol. The molecule has 8 heteroatoms. The first-order chi connectivity index (χ1) is 19.6. The minimum atomic E-state index is -0.824.